The molecule has 2 aromatic heterocycles. The Balaban J connectivity index is 1.99. The highest BCUT2D eigenvalue weighted by atomic mass is 32.1. The summed E-state index contributed by atoms with van der Waals surface area (Å²) in [6.45, 7) is 8.78. The second kappa shape index (κ2) is 6.68. The van der Waals surface area contributed by atoms with Gasteiger partial charge in [-0.1, -0.05) is 6.92 Å². The van der Waals surface area contributed by atoms with Crippen LogP contribution in [0.15, 0.2) is 24.4 Å². The molecule has 0 amide bonds. The van der Waals surface area contributed by atoms with Crippen LogP contribution >= 0.6 is 11.3 Å². The molecule has 0 aliphatic carbocycles. The number of hydrogen-bond acceptors (Lipinski definition) is 4. The Labute approximate surface area is 118 Å². The van der Waals surface area contributed by atoms with E-state index in [9.17, 15) is 0 Å². The zero-order valence-corrected chi connectivity index (χ0v) is 12.5. The lowest BCUT2D eigenvalue weighted by atomic mass is 10.2. The van der Waals surface area contributed by atoms with Gasteiger partial charge in [0.2, 0.25) is 0 Å². The molecule has 0 atom stereocenters. The summed E-state index contributed by atoms with van der Waals surface area (Å²) >= 11 is 1.84. The molecule has 0 saturated heterocycles. The standard InChI is InChI=1S/C15H20N2OS/c1-4-16-9-14-8-13(12(3)19-14)10-18-15-6-5-7-17-11(15)2/h5-8,16H,4,9-10H2,1-3H3. The van der Waals surface area contributed by atoms with Crippen LogP contribution in [0.5, 0.6) is 5.75 Å². The molecule has 2 heterocycles. The van der Waals surface area contributed by atoms with Crippen molar-refractivity contribution >= 4 is 11.3 Å². The van der Waals surface area contributed by atoms with Crippen LogP contribution < -0.4 is 10.1 Å². The van der Waals surface area contributed by atoms with E-state index >= 15 is 0 Å². The smallest absolute Gasteiger partial charge is 0.141 e. The molecule has 0 fully saturated rings. The minimum Gasteiger partial charge on any atom is -0.487 e. The summed E-state index contributed by atoms with van der Waals surface area (Å²) in [4.78, 5) is 6.92. The van der Waals surface area contributed by atoms with E-state index in [1.165, 1.54) is 15.3 Å². The van der Waals surface area contributed by atoms with Gasteiger partial charge in [0, 0.05) is 28.1 Å². The fourth-order valence-corrected chi connectivity index (χ4v) is 2.86. The highest BCUT2D eigenvalue weighted by Gasteiger charge is 2.07. The maximum Gasteiger partial charge on any atom is 0.141 e. The van der Waals surface area contributed by atoms with Crippen LogP contribution in [0.4, 0.5) is 0 Å². The molecule has 2 aromatic rings. The van der Waals surface area contributed by atoms with E-state index in [4.69, 9.17) is 4.74 Å². The lowest BCUT2D eigenvalue weighted by Gasteiger charge is -2.07. The minimum absolute atomic E-state index is 0.612. The zero-order chi connectivity index (χ0) is 13.7. The molecule has 2 rings (SSSR count). The molecule has 0 saturated carbocycles. The van der Waals surface area contributed by atoms with Crippen molar-refractivity contribution in [2.45, 2.75) is 33.9 Å². The largest absolute Gasteiger partial charge is 0.487 e. The Hall–Kier alpha value is -1.39. The molecule has 0 radical (unpaired) electrons. The van der Waals surface area contributed by atoms with Crippen molar-refractivity contribution in [3.8, 4) is 5.75 Å². The lowest BCUT2D eigenvalue weighted by Crippen LogP contribution is -2.10. The number of rotatable bonds is 6. The van der Waals surface area contributed by atoms with Gasteiger partial charge >= 0.3 is 0 Å². The number of pyridine rings is 1. The molecular weight excluding hydrogens is 256 g/mol. The van der Waals surface area contributed by atoms with Crippen molar-refractivity contribution in [2.24, 2.45) is 0 Å². The average Bonchev–Trinajstić information content (AvgIpc) is 2.76. The van der Waals surface area contributed by atoms with E-state index in [-0.39, 0.29) is 0 Å². The van der Waals surface area contributed by atoms with Gasteiger partial charge < -0.3 is 10.1 Å². The molecule has 0 spiro atoms. The number of nitrogens with zero attached hydrogens (tertiary/aromatic N) is 1. The van der Waals surface area contributed by atoms with Crippen molar-refractivity contribution in [3.63, 3.8) is 0 Å². The number of nitrogens with one attached hydrogen (secondary N) is 1. The van der Waals surface area contributed by atoms with Crippen LogP contribution in [0.25, 0.3) is 0 Å². The van der Waals surface area contributed by atoms with Crippen molar-refractivity contribution in [1.29, 1.82) is 0 Å². The molecule has 19 heavy (non-hydrogen) atoms. The summed E-state index contributed by atoms with van der Waals surface area (Å²) < 4.78 is 5.85. The third-order valence-corrected chi connectivity index (χ3v) is 4.06. The topological polar surface area (TPSA) is 34.1 Å². The third-order valence-electron chi connectivity index (χ3n) is 2.96. The summed E-state index contributed by atoms with van der Waals surface area (Å²) in [5.74, 6) is 0.862. The maximum absolute atomic E-state index is 5.85. The van der Waals surface area contributed by atoms with Crippen molar-refractivity contribution in [3.05, 3.63) is 45.4 Å². The first-order chi connectivity index (χ1) is 9.20. The van der Waals surface area contributed by atoms with Crippen LogP contribution in [0.2, 0.25) is 0 Å². The normalized spacial score (nSPS) is 10.7. The third kappa shape index (κ3) is 3.78. The van der Waals surface area contributed by atoms with Crippen molar-refractivity contribution in [1.82, 2.24) is 10.3 Å². The maximum atomic E-state index is 5.85. The van der Waals surface area contributed by atoms with Crippen molar-refractivity contribution < 1.29 is 4.74 Å². The SMILES string of the molecule is CCNCc1cc(COc2cccnc2C)c(C)s1. The van der Waals surface area contributed by atoms with Crippen LogP contribution in [-0.2, 0) is 13.2 Å². The van der Waals surface area contributed by atoms with Gasteiger partial charge in [-0.05, 0) is 38.6 Å². The fraction of sp³-hybridized carbons (Fsp3) is 0.400. The molecular formula is C15H20N2OS. The van der Waals surface area contributed by atoms with Crippen LogP contribution in [0.1, 0.15) is 27.9 Å². The first-order valence-corrected chi connectivity index (χ1v) is 7.35. The van der Waals surface area contributed by atoms with E-state index in [1.54, 1.807) is 6.20 Å². The monoisotopic (exact) mass is 276 g/mol. The van der Waals surface area contributed by atoms with E-state index in [2.05, 4.69) is 30.2 Å². The van der Waals surface area contributed by atoms with Crippen LogP contribution in [0.3, 0.4) is 0 Å². The number of ether oxygens (including phenoxy) is 1. The average molecular weight is 276 g/mol. The van der Waals surface area contributed by atoms with Crippen molar-refractivity contribution in [2.75, 3.05) is 6.54 Å². The highest BCUT2D eigenvalue weighted by molar-refractivity contribution is 7.12. The molecule has 0 aliphatic rings. The molecule has 1 N–H and O–H groups in total. The Bertz CT molecular complexity index is 537. The minimum atomic E-state index is 0.612. The molecule has 0 unspecified atom stereocenters. The number of aryl methyl sites for hydroxylation is 2. The zero-order valence-electron chi connectivity index (χ0n) is 11.7. The summed E-state index contributed by atoms with van der Waals surface area (Å²) in [6.07, 6.45) is 1.78. The summed E-state index contributed by atoms with van der Waals surface area (Å²) in [5.41, 5.74) is 2.20. The summed E-state index contributed by atoms with van der Waals surface area (Å²) in [5, 5.41) is 3.35. The second-order valence-corrected chi connectivity index (χ2v) is 5.79. The van der Waals surface area contributed by atoms with Gasteiger partial charge in [-0.3, -0.25) is 4.98 Å². The fourth-order valence-electron chi connectivity index (χ4n) is 1.84. The van der Waals surface area contributed by atoms with Gasteiger partial charge in [-0.2, -0.15) is 0 Å². The first-order valence-electron chi connectivity index (χ1n) is 6.54. The molecule has 102 valence electrons. The second-order valence-electron chi connectivity index (χ2n) is 4.45. The summed E-state index contributed by atoms with van der Waals surface area (Å²) in [6, 6.07) is 6.09. The van der Waals surface area contributed by atoms with E-state index in [1.807, 2.05) is 30.4 Å². The Morgan fingerprint density at radius 2 is 2.21 bits per heavy atom. The summed E-state index contributed by atoms with van der Waals surface area (Å²) in [7, 11) is 0. The van der Waals surface area contributed by atoms with Gasteiger partial charge in [-0.15, -0.1) is 11.3 Å². The van der Waals surface area contributed by atoms with Gasteiger partial charge in [0.25, 0.3) is 0 Å². The van der Waals surface area contributed by atoms with Gasteiger partial charge in [-0.25, -0.2) is 0 Å². The molecule has 3 nitrogen and oxygen atoms in total. The van der Waals surface area contributed by atoms with E-state index in [0.29, 0.717) is 6.61 Å². The Morgan fingerprint density at radius 3 is 2.95 bits per heavy atom. The van der Waals surface area contributed by atoms with E-state index in [0.717, 1.165) is 24.5 Å². The van der Waals surface area contributed by atoms with Gasteiger partial charge in [0.1, 0.15) is 12.4 Å². The molecule has 4 heteroatoms. The predicted molar refractivity (Wildman–Crippen MR) is 79.7 cm³/mol. The van der Waals surface area contributed by atoms with Crippen LogP contribution in [-0.4, -0.2) is 11.5 Å². The molecule has 0 aliphatic heterocycles. The Kier molecular flexibility index (Phi) is 4.93. The first kappa shape index (κ1) is 14.0. The number of thiophene rings is 1. The van der Waals surface area contributed by atoms with E-state index < -0.39 is 0 Å². The Morgan fingerprint density at radius 1 is 1.37 bits per heavy atom. The van der Waals surface area contributed by atoms with Crippen LogP contribution in [0, 0.1) is 13.8 Å². The molecule has 0 aromatic carbocycles. The molecule has 0 bridgehead atoms. The predicted octanol–water partition coefficient (Wildman–Crippen LogP) is 3.45. The lowest BCUT2D eigenvalue weighted by molar-refractivity contribution is 0.302. The quantitative estimate of drug-likeness (QED) is 0.877. The highest BCUT2D eigenvalue weighted by Crippen LogP contribution is 2.23. The number of hydrogen-bond donors (Lipinski definition) is 1. The van der Waals surface area contributed by atoms with Gasteiger partial charge in [0.05, 0.1) is 5.69 Å². The number of aromatic nitrogens is 1. The van der Waals surface area contributed by atoms with Gasteiger partial charge in [0.15, 0.2) is 0 Å².